The number of cyclic esters (lactones) is 1. The quantitative estimate of drug-likeness (QED) is 0.304. The molecule has 3 aliphatic heterocycles. The zero-order chi connectivity index (χ0) is 33.8. The van der Waals surface area contributed by atoms with E-state index < -0.39 is 23.9 Å². The number of nitrogens with zero attached hydrogens (tertiary/aromatic N) is 4. The Labute approximate surface area is 278 Å². The van der Waals surface area contributed by atoms with E-state index in [1.165, 1.54) is 4.90 Å². The number of fused-ring (bicyclic) bond motifs is 1. The Bertz CT molecular complexity index is 1660. The number of amides is 3. The fourth-order valence-corrected chi connectivity index (χ4v) is 5.65. The van der Waals surface area contributed by atoms with Crippen LogP contribution in [-0.4, -0.2) is 96.8 Å². The number of carbonyl (C=O) groups is 3. The van der Waals surface area contributed by atoms with Gasteiger partial charge in [0, 0.05) is 25.3 Å². The summed E-state index contributed by atoms with van der Waals surface area (Å²) in [6.07, 6.45) is -1.27. The lowest BCUT2D eigenvalue weighted by Gasteiger charge is -2.24. The van der Waals surface area contributed by atoms with Gasteiger partial charge in [-0.15, -0.1) is 0 Å². The number of anilines is 2. The van der Waals surface area contributed by atoms with Crippen LogP contribution in [0.25, 0.3) is 11.3 Å². The first-order valence-electron chi connectivity index (χ1n) is 15.9. The lowest BCUT2D eigenvalue weighted by Crippen LogP contribution is -2.36. The number of methoxy groups -OCH3 is 1. The summed E-state index contributed by atoms with van der Waals surface area (Å²) in [5, 5.41) is 6.09. The first-order valence-corrected chi connectivity index (χ1v) is 15.9. The molecule has 0 bridgehead atoms. The van der Waals surface area contributed by atoms with Crippen molar-refractivity contribution in [3.63, 3.8) is 0 Å². The molecule has 3 aromatic rings. The van der Waals surface area contributed by atoms with E-state index in [0.717, 1.165) is 16.8 Å². The van der Waals surface area contributed by atoms with Crippen molar-refractivity contribution in [1.29, 1.82) is 0 Å². The molecule has 3 atom stereocenters. The molecule has 0 aliphatic carbocycles. The summed E-state index contributed by atoms with van der Waals surface area (Å²) >= 11 is 0. The summed E-state index contributed by atoms with van der Waals surface area (Å²) < 4.78 is 28.3. The van der Waals surface area contributed by atoms with E-state index in [1.54, 1.807) is 30.2 Å². The van der Waals surface area contributed by atoms with Crippen LogP contribution in [-0.2, 0) is 25.5 Å². The molecule has 1 aromatic carbocycles. The van der Waals surface area contributed by atoms with E-state index in [-0.39, 0.29) is 24.7 Å². The summed E-state index contributed by atoms with van der Waals surface area (Å²) in [6, 6.07) is 17.0. The maximum Gasteiger partial charge on any atom is 0.415 e. The van der Waals surface area contributed by atoms with Crippen molar-refractivity contribution >= 4 is 29.7 Å². The second kappa shape index (κ2) is 14.0. The molecule has 0 spiro atoms. The molecule has 48 heavy (non-hydrogen) atoms. The number of nitrogens with one attached hydrogen (secondary N) is 2. The van der Waals surface area contributed by atoms with Crippen LogP contribution in [0.1, 0.15) is 32.8 Å². The van der Waals surface area contributed by atoms with Crippen molar-refractivity contribution in [2.24, 2.45) is 0 Å². The largest absolute Gasteiger partial charge is 0.480 e. The second-order valence-corrected chi connectivity index (χ2v) is 12.8. The van der Waals surface area contributed by atoms with E-state index in [4.69, 9.17) is 28.7 Å². The molecule has 2 aromatic heterocycles. The number of hydrogen-bond acceptors (Lipinski definition) is 11. The molecule has 2 fully saturated rings. The number of hydrogen-bond donors (Lipinski definition) is 2. The average Bonchev–Trinajstić information content (AvgIpc) is 3.65. The predicted molar refractivity (Wildman–Crippen MR) is 175 cm³/mol. The summed E-state index contributed by atoms with van der Waals surface area (Å²) in [6.45, 7) is 7.73. The van der Waals surface area contributed by atoms with Gasteiger partial charge in [0.15, 0.2) is 18.2 Å². The van der Waals surface area contributed by atoms with Crippen molar-refractivity contribution in [1.82, 2.24) is 20.2 Å². The fraction of sp³-hybridized carbons (Fsp3) is 0.441. The molecule has 2 N–H and O–H groups in total. The number of ether oxygens (including phenoxy) is 5. The molecule has 3 aliphatic rings. The summed E-state index contributed by atoms with van der Waals surface area (Å²) in [5.74, 6) is 1.30. The van der Waals surface area contributed by atoms with Gasteiger partial charge in [-0.2, -0.15) is 0 Å². The molecule has 0 unspecified atom stereocenters. The SMILES string of the molecule is CO[C@@H]1CN(C(=O)OC(C)(C)C)C[C@@H]1Oc1cccc(-c2cccc(CNCC[C@H]3CN(c4ccc5c(n4)NC(=O)CO5)C(=O)O3)c2)n1. The number of benzene rings is 1. The van der Waals surface area contributed by atoms with Crippen molar-refractivity contribution in [2.45, 2.75) is 57.6 Å². The van der Waals surface area contributed by atoms with Crippen LogP contribution in [0.5, 0.6) is 11.6 Å². The topological polar surface area (TPSA) is 154 Å². The van der Waals surface area contributed by atoms with Gasteiger partial charge in [0.05, 0.1) is 25.3 Å². The second-order valence-electron chi connectivity index (χ2n) is 12.8. The highest BCUT2D eigenvalue weighted by Crippen LogP contribution is 2.30. The predicted octanol–water partition coefficient (Wildman–Crippen LogP) is 3.99. The van der Waals surface area contributed by atoms with Gasteiger partial charge in [0.25, 0.3) is 5.91 Å². The highest BCUT2D eigenvalue weighted by molar-refractivity contribution is 5.95. The van der Waals surface area contributed by atoms with Crippen LogP contribution in [0.3, 0.4) is 0 Å². The van der Waals surface area contributed by atoms with Gasteiger partial charge in [-0.3, -0.25) is 9.69 Å². The third-order valence-corrected chi connectivity index (χ3v) is 7.97. The zero-order valence-corrected chi connectivity index (χ0v) is 27.4. The molecular formula is C34H40N6O8. The first kappa shape index (κ1) is 33.0. The van der Waals surface area contributed by atoms with E-state index in [1.807, 2.05) is 51.1 Å². The third-order valence-electron chi connectivity index (χ3n) is 7.97. The van der Waals surface area contributed by atoms with Gasteiger partial charge in [0.2, 0.25) is 5.88 Å². The van der Waals surface area contributed by atoms with Crippen LogP contribution in [0, 0.1) is 0 Å². The lowest BCUT2D eigenvalue weighted by molar-refractivity contribution is -0.118. The molecule has 5 heterocycles. The zero-order valence-electron chi connectivity index (χ0n) is 27.4. The average molecular weight is 661 g/mol. The van der Waals surface area contributed by atoms with Crippen LogP contribution < -0.4 is 25.0 Å². The normalized spacial score (nSPS) is 20.5. The molecule has 0 radical (unpaired) electrons. The number of likely N-dealkylation sites (tertiary alicyclic amines) is 1. The molecule has 0 saturated carbocycles. The maximum atomic E-state index is 12.6. The highest BCUT2D eigenvalue weighted by Gasteiger charge is 2.39. The number of carbonyl (C=O) groups excluding carboxylic acids is 3. The Kier molecular flexibility index (Phi) is 9.64. The van der Waals surface area contributed by atoms with Gasteiger partial charge in [-0.1, -0.05) is 24.3 Å². The van der Waals surface area contributed by atoms with Crippen LogP contribution in [0.2, 0.25) is 0 Å². The third kappa shape index (κ3) is 7.94. The number of pyridine rings is 2. The van der Waals surface area contributed by atoms with E-state index in [2.05, 4.69) is 21.7 Å². The summed E-state index contributed by atoms with van der Waals surface area (Å²) in [5.41, 5.74) is 2.16. The molecule has 2 saturated heterocycles. The molecular weight excluding hydrogens is 620 g/mol. The van der Waals surface area contributed by atoms with Gasteiger partial charge in [0.1, 0.15) is 29.7 Å². The molecule has 14 nitrogen and oxygen atoms in total. The van der Waals surface area contributed by atoms with Gasteiger partial charge in [-0.25, -0.2) is 19.6 Å². The summed E-state index contributed by atoms with van der Waals surface area (Å²) in [4.78, 5) is 49.0. The molecule has 254 valence electrons. The molecule has 14 heteroatoms. The van der Waals surface area contributed by atoms with Crippen LogP contribution in [0.15, 0.2) is 54.6 Å². The molecule has 6 rings (SSSR count). The Morgan fingerprint density at radius 2 is 1.85 bits per heavy atom. The van der Waals surface area contributed by atoms with Gasteiger partial charge in [-0.05, 0) is 63.6 Å². The number of aromatic nitrogens is 2. The van der Waals surface area contributed by atoms with Crippen molar-refractivity contribution in [2.75, 3.05) is 50.1 Å². The Balaban J connectivity index is 0.999. The van der Waals surface area contributed by atoms with E-state index >= 15 is 0 Å². The van der Waals surface area contributed by atoms with Crippen molar-refractivity contribution < 1.29 is 38.1 Å². The minimum Gasteiger partial charge on any atom is -0.480 e. The monoisotopic (exact) mass is 660 g/mol. The Hall–Kier alpha value is -4.95. The fourth-order valence-electron chi connectivity index (χ4n) is 5.65. The first-order chi connectivity index (χ1) is 23.0. The van der Waals surface area contributed by atoms with Crippen LogP contribution in [0.4, 0.5) is 21.2 Å². The van der Waals surface area contributed by atoms with Crippen LogP contribution >= 0.6 is 0 Å². The van der Waals surface area contributed by atoms with Crippen molar-refractivity contribution in [3.8, 4) is 22.9 Å². The smallest absolute Gasteiger partial charge is 0.415 e. The Morgan fingerprint density at radius 1 is 1.04 bits per heavy atom. The van der Waals surface area contributed by atoms with Crippen molar-refractivity contribution in [3.05, 3.63) is 60.2 Å². The van der Waals surface area contributed by atoms with Gasteiger partial charge >= 0.3 is 12.2 Å². The molecule has 3 amide bonds. The number of rotatable bonds is 10. The standard InChI is InChI=1S/C34H40N6O8/c1-34(2,3)48-32(42)39-18-26(44-4)27(19-39)47-30-10-6-9-24(36-30)22-8-5-7-21(15-22)16-35-14-13-23-17-40(33(43)46-23)28-12-11-25-31(37-28)38-29(41)20-45-25/h5-12,15,23,26-27,35H,13-14,16-20H2,1-4H3,(H,37,38,41)/t23-,26+,27-/m0/s1. The van der Waals surface area contributed by atoms with Gasteiger partial charge < -0.3 is 39.2 Å². The maximum absolute atomic E-state index is 12.6. The summed E-state index contributed by atoms with van der Waals surface area (Å²) in [7, 11) is 1.60. The minimum absolute atomic E-state index is 0.0623. The van der Waals surface area contributed by atoms with E-state index in [9.17, 15) is 14.4 Å². The Morgan fingerprint density at radius 3 is 2.67 bits per heavy atom. The lowest BCUT2D eigenvalue weighted by atomic mass is 10.1. The highest BCUT2D eigenvalue weighted by atomic mass is 16.6. The van der Waals surface area contributed by atoms with E-state index in [0.29, 0.717) is 62.4 Å². The minimum atomic E-state index is -0.592.